The van der Waals surface area contributed by atoms with Crippen LogP contribution in [0.3, 0.4) is 0 Å². The Bertz CT molecular complexity index is 743. The average molecular weight is 375 g/mol. The van der Waals surface area contributed by atoms with Gasteiger partial charge in [0.25, 0.3) is 11.8 Å². The van der Waals surface area contributed by atoms with Gasteiger partial charge >= 0.3 is 0 Å². The molecular weight excluding hydrogens is 350 g/mol. The smallest absolute Gasteiger partial charge is 0.275 e. The molecule has 0 saturated carbocycles. The third-order valence-corrected chi connectivity index (χ3v) is 4.82. The summed E-state index contributed by atoms with van der Waals surface area (Å²) in [5, 5.41) is 8.04. The van der Waals surface area contributed by atoms with Crippen LogP contribution in [0, 0.1) is 0 Å². The van der Waals surface area contributed by atoms with Gasteiger partial charge in [-0.2, -0.15) is 0 Å². The number of hydrogen-bond acceptors (Lipinski definition) is 6. The Morgan fingerprint density at radius 3 is 2.65 bits per heavy atom. The Morgan fingerprint density at radius 2 is 2.00 bits per heavy atom. The van der Waals surface area contributed by atoms with Crippen molar-refractivity contribution in [3.8, 4) is 0 Å². The molecule has 8 heteroatoms. The maximum atomic E-state index is 12.3. The minimum Gasteiger partial charge on any atom is -0.351 e. The molecule has 0 aliphatic rings. The molecule has 0 aliphatic carbocycles. The van der Waals surface area contributed by atoms with Gasteiger partial charge in [-0.3, -0.25) is 9.59 Å². The number of anilines is 1. The van der Waals surface area contributed by atoms with E-state index in [0.29, 0.717) is 35.0 Å². The second kappa shape index (κ2) is 10.0. The highest BCUT2D eigenvalue weighted by Gasteiger charge is 2.12. The molecule has 7 nitrogen and oxygen atoms in total. The Kier molecular flexibility index (Phi) is 7.71. The first-order chi connectivity index (χ1) is 12.6. The quantitative estimate of drug-likeness (QED) is 0.622. The normalized spacial score (nSPS) is 10.8. The zero-order valence-corrected chi connectivity index (χ0v) is 15.9. The minimum absolute atomic E-state index is 0.160. The molecule has 0 atom stereocenters. The summed E-state index contributed by atoms with van der Waals surface area (Å²) < 4.78 is 0. The maximum Gasteiger partial charge on any atom is 0.275 e. The summed E-state index contributed by atoms with van der Waals surface area (Å²) in [4.78, 5) is 30.9. The van der Waals surface area contributed by atoms with Gasteiger partial charge in [0, 0.05) is 36.3 Å². The fourth-order valence-corrected chi connectivity index (χ4v) is 3.07. The summed E-state index contributed by atoms with van der Waals surface area (Å²) in [6.45, 7) is 7.79. The molecule has 2 amide bonds. The van der Waals surface area contributed by atoms with Gasteiger partial charge in [0.1, 0.15) is 10.7 Å². The molecule has 0 radical (unpaired) electrons. The molecule has 0 spiro atoms. The lowest BCUT2D eigenvalue weighted by atomic mass is 10.2. The van der Waals surface area contributed by atoms with Crippen molar-refractivity contribution >= 4 is 28.8 Å². The Morgan fingerprint density at radius 1 is 1.23 bits per heavy atom. The van der Waals surface area contributed by atoms with Gasteiger partial charge in [-0.15, -0.1) is 11.3 Å². The number of nitrogens with one attached hydrogen (secondary N) is 2. The summed E-state index contributed by atoms with van der Waals surface area (Å²) in [6, 6.07) is 6.85. The Balaban J connectivity index is 1.94. The molecule has 0 fully saturated rings. The van der Waals surface area contributed by atoms with Gasteiger partial charge < -0.3 is 21.3 Å². The van der Waals surface area contributed by atoms with Gasteiger partial charge in [-0.25, -0.2) is 4.98 Å². The standard InChI is InChI=1S/C18H25N5O2S/c1-3-23(4-2)9-8-20-17(24)13-6-5-7-14(10-13)21-18(25)15-12-26-16(11-19)22-15/h5-7,10,12H,3-4,8-9,11,19H2,1-2H3,(H,20,24)(H,21,25). The average Bonchev–Trinajstić information content (AvgIpc) is 3.15. The molecule has 0 aliphatic heterocycles. The summed E-state index contributed by atoms with van der Waals surface area (Å²) in [5.41, 5.74) is 6.89. The second-order valence-corrected chi connectivity index (χ2v) is 6.59. The number of thiazole rings is 1. The van der Waals surface area contributed by atoms with Crippen molar-refractivity contribution in [2.75, 3.05) is 31.5 Å². The van der Waals surface area contributed by atoms with Gasteiger partial charge in [0.2, 0.25) is 0 Å². The number of likely N-dealkylation sites (N-methyl/N-ethyl adjacent to an activating group) is 1. The van der Waals surface area contributed by atoms with Crippen molar-refractivity contribution in [3.63, 3.8) is 0 Å². The Labute approximate surface area is 157 Å². The van der Waals surface area contributed by atoms with Crippen LogP contribution >= 0.6 is 11.3 Å². The number of carbonyl (C=O) groups excluding carboxylic acids is 2. The lowest BCUT2D eigenvalue weighted by Gasteiger charge is -2.18. The molecule has 0 unspecified atom stereocenters. The van der Waals surface area contributed by atoms with Crippen LogP contribution in [0.15, 0.2) is 29.6 Å². The SMILES string of the molecule is CCN(CC)CCNC(=O)c1cccc(NC(=O)c2csc(CN)n2)c1. The number of aromatic nitrogens is 1. The fourth-order valence-electron chi connectivity index (χ4n) is 2.41. The predicted molar refractivity (Wildman–Crippen MR) is 105 cm³/mol. The van der Waals surface area contributed by atoms with Crippen molar-refractivity contribution in [3.05, 3.63) is 45.9 Å². The number of rotatable bonds is 9. The van der Waals surface area contributed by atoms with Crippen LogP contribution in [0.25, 0.3) is 0 Å². The van der Waals surface area contributed by atoms with Crippen LogP contribution < -0.4 is 16.4 Å². The highest BCUT2D eigenvalue weighted by molar-refractivity contribution is 7.09. The topological polar surface area (TPSA) is 100 Å². The maximum absolute atomic E-state index is 12.3. The van der Waals surface area contributed by atoms with E-state index in [0.717, 1.165) is 19.6 Å². The number of nitrogens with two attached hydrogens (primary N) is 1. The molecule has 1 aromatic heterocycles. The monoisotopic (exact) mass is 375 g/mol. The molecule has 1 aromatic carbocycles. The highest BCUT2D eigenvalue weighted by Crippen LogP contribution is 2.14. The summed E-state index contributed by atoms with van der Waals surface area (Å²) in [5.74, 6) is -0.479. The van der Waals surface area contributed by atoms with Crippen LogP contribution in [0.1, 0.15) is 39.7 Å². The summed E-state index contributed by atoms with van der Waals surface area (Å²) >= 11 is 1.35. The first-order valence-corrected chi connectivity index (χ1v) is 9.51. The van der Waals surface area contributed by atoms with E-state index < -0.39 is 0 Å². The van der Waals surface area contributed by atoms with Crippen molar-refractivity contribution < 1.29 is 9.59 Å². The van der Waals surface area contributed by atoms with Gasteiger partial charge in [0.15, 0.2) is 0 Å². The first kappa shape index (κ1) is 20.0. The van der Waals surface area contributed by atoms with Crippen molar-refractivity contribution in [1.82, 2.24) is 15.2 Å². The third kappa shape index (κ3) is 5.62. The number of hydrogen-bond donors (Lipinski definition) is 3. The van der Waals surface area contributed by atoms with Crippen molar-refractivity contribution in [1.29, 1.82) is 0 Å². The van der Waals surface area contributed by atoms with Crippen LogP contribution in [0.4, 0.5) is 5.69 Å². The largest absolute Gasteiger partial charge is 0.351 e. The van der Waals surface area contributed by atoms with E-state index in [2.05, 4.69) is 34.4 Å². The zero-order chi connectivity index (χ0) is 18.9. The van der Waals surface area contributed by atoms with E-state index in [4.69, 9.17) is 5.73 Å². The number of nitrogens with zero attached hydrogens (tertiary/aromatic N) is 2. The van der Waals surface area contributed by atoms with Crippen LogP contribution in [0.5, 0.6) is 0 Å². The molecule has 2 aromatic rings. The molecule has 2 rings (SSSR count). The molecule has 26 heavy (non-hydrogen) atoms. The Hall–Kier alpha value is -2.29. The first-order valence-electron chi connectivity index (χ1n) is 8.63. The van der Waals surface area contributed by atoms with E-state index >= 15 is 0 Å². The van der Waals surface area contributed by atoms with Gasteiger partial charge in [-0.1, -0.05) is 19.9 Å². The number of benzene rings is 1. The van der Waals surface area contributed by atoms with Crippen LogP contribution in [-0.4, -0.2) is 47.9 Å². The fraction of sp³-hybridized carbons (Fsp3) is 0.389. The summed E-state index contributed by atoms with van der Waals surface area (Å²) in [7, 11) is 0. The molecule has 0 saturated heterocycles. The zero-order valence-electron chi connectivity index (χ0n) is 15.1. The van der Waals surface area contributed by atoms with Crippen LogP contribution in [0.2, 0.25) is 0 Å². The highest BCUT2D eigenvalue weighted by atomic mass is 32.1. The van der Waals surface area contributed by atoms with Gasteiger partial charge in [0.05, 0.1) is 0 Å². The van der Waals surface area contributed by atoms with E-state index in [1.165, 1.54) is 11.3 Å². The van der Waals surface area contributed by atoms with E-state index in [1.807, 2.05) is 0 Å². The van der Waals surface area contributed by atoms with Crippen molar-refractivity contribution in [2.24, 2.45) is 5.73 Å². The second-order valence-electron chi connectivity index (χ2n) is 5.65. The number of carbonyl (C=O) groups is 2. The minimum atomic E-state index is -0.319. The van der Waals surface area contributed by atoms with E-state index in [-0.39, 0.29) is 11.8 Å². The lowest BCUT2D eigenvalue weighted by molar-refractivity contribution is 0.0947. The molecular formula is C18H25N5O2S. The molecule has 1 heterocycles. The lowest BCUT2D eigenvalue weighted by Crippen LogP contribution is -2.34. The third-order valence-electron chi connectivity index (χ3n) is 3.95. The van der Waals surface area contributed by atoms with Crippen LogP contribution in [-0.2, 0) is 6.54 Å². The summed E-state index contributed by atoms with van der Waals surface area (Å²) in [6.07, 6.45) is 0. The molecule has 0 bridgehead atoms. The molecule has 4 N–H and O–H groups in total. The number of amides is 2. The van der Waals surface area contributed by atoms with Crippen molar-refractivity contribution in [2.45, 2.75) is 20.4 Å². The van der Waals surface area contributed by atoms with E-state index in [1.54, 1.807) is 29.6 Å². The predicted octanol–water partition coefficient (Wildman–Crippen LogP) is 1.93. The van der Waals surface area contributed by atoms with E-state index in [9.17, 15) is 9.59 Å². The van der Waals surface area contributed by atoms with Gasteiger partial charge in [-0.05, 0) is 31.3 Å². The molecule has 140 valence electrons.